The molecule has 0 spiro atoms. The van der Waals surface area contributed by atoms with Gasteiger partial charge in [0.25, 0.3) is 17.1 Å². The van der Waals surface area contributed by atoms with Crippen LogP contribution in [0.1, 0.15) is 11.1 Å². The predicted octanol–water partition coefficient (Wildman–Crippen LogP) is 3.95. The van der Waals surface area contributed by atoms with Crippen LogP contribution >= 0.6 is 11.8 Å². The number of carbonyl (C=O) groups excluding carboxylic acids is 3. The van der Waals surface area contributed by atoms with Crippen molar-refractivity contribution in [3.63, 3.8) is 0 Å². The molecule has 3 aromatic carbocycles. The Balaban J connectivity index is 1.53. The van der Waals surface area contributed by atoms with Crippen molar-refractivity contribution in [2.75, 3.05) is 13.7 Å². The Hall–Kier alpha value is -3.78. The van der Waals surface area contributed by atoms with Gasteiger partial charge in [-0.05, 0) is 57.9 Å². The van der Waals surface area contributed by atoms with Gasteiger partial charge in [0, 0.05) is 0 Å². The van der Waals surface area contributed by atoms with Crippen LogP contribution in [-0.4, -0.2) is 35.7 Å². The summed E-state index contributed by atoms with van der Waals surface area (Å²) in [6.07, 6.45) is 1.63. The third kappa shape index (κ3) is 4.60. The summed E-state index contributed by atoms with van der Waals surface area (Å²) in [7, 11) is 1.47. The minimum atomic E-state index is -0.601. The van der Waals surface area contributed by atoms with Gasteiger partial charge in [0.05, 0.1) is 18.6 Å². The number of methoxy groups -OCH3 is 1. The lowest BCUT2D eigenvalue weighted by Gasteiger charge is -2.13. The van der Waals surface area contributed by atoms with Crippen molar-refractivity contribution >= 4 is 45.7 Å². The fourth-order valence-corrected chi connectivity index (χ4v) is 4.19. The van der Waals surface area contributed by atoms with Crippen molar-refractivity contribution in [2.45, 2.75) is 6.54 Å². The van der Waals surface area contributed by atoms with Crippen molar-refractivity contribution < 1.29 is 23.9 Å². The molecule has 4 rings (SSSR count). The summed E-state index contributed by atoms with van der Waals surface area (Å²) < 4.78 is 10.6. The van der Waals surface area contributed by atoms with Crippen LogP contribution in [0.15, 0.2) is 65.6 Å². The number of hydrogen-bond donors (Lipinski definition) is 1. The Morgan fingerprint density at radius 1 is 1.03 bits per heavy atom. The van der Waals surface area contributed by atoms with E-state index in [2.05, 4.69) is 0 Å². The molecule has 0 bridgehead atoms. The molecular formula is C24H20N2O5S. The number of nitrogens with zero attached hydrogens (tertiary/aromatic N) is 1. The van der Waals surface area contributed by atoms with Gasteiger partial charge in [0.2, 0.25) is 0 Å². The van der Waals surface area contributed by atoms with Crippen LogP contribution in [0, 0.1) is 0 Å². The largest absolute Gasteiger partial charge is 0.493 e. The predicted molar refractivity (Wildman–Crippen MR) is 123 cm³/mol. The van der Waals surface area contributed by atoms with Crippen molar-refractivity contribution in [3.05, 3.63) is 76.7 Å². The lowest BCUT2D eigenvalue weighted by molar-refractivity contribution is -0.123. The number of benzene rings is 3. The van der Waals surface area contributed by atoms with Gasteiger partial charge in [-0.2, -0.15) is 0 Å². The van der Waals surface area contributed by atoms with Crippen molar-refractivity contribution in [1.29, 1.82) is 0 Å². The highest BCUT2D eigenvalue weighted by Crippen LogP contribution is 2.35. The highest BCUT2D eigenvalue weighted by molar-refractivity contribution is 8.18. The van der Waals surface area contributed by atoms with Crippen LogP contribution in [0.2, 0.25) is 0 Å². The lowest BCUT2D eigenvalue weighted by Crippen LogP contribution is -2.27. The van der Waals surface area contributed by atoms with Crippen LogP contribution < -0.4 is 15.2 Å². The number of primary amides is 1. The molecule has 1 fully saturated rings. The van der Waals surface area contributed by atoms with Crippen molar-refractivity contribution in [2.24, 2.45) is 5.73 Å². The summed E-state index contributed by atoms with van der Waals surface area (Å²) in [6, 6.07) is 18.8. The molecule has 7 nitrogen and oxygen atoms in total. The molecule has 162 valence electrons. The maximum absolute atomic E-state index is 12.9. The SMILES string of the molecule is COc1cc(/C=C2\SC(=O)N(Cc3ccc4ccccc4c3)C2=O)ccc1OCC(N)=O. The zero-order valence-electron chi connectivity index (χ0n) is 17.2. The van der Waals surface area contributed by atoms with Gasteiger partial charge in [-0.3, -0.25) is 19.3 Å². The number of amides is 3. The maximum Gasteiger partial charge on any atom is 0.293 e. The van der Waals surface area contributed by atoms with E-state index in [9.17, 15) is 14.4 Å². The fraction of sp³-hybridized carbons (Fsp3) is 0.125. The number of carbonyl (C=O) groups is 3. The highest BCUT2D eigenvalue weighted by atomic mass is 32.2. The zero-order valence-corrected chi connectivity index (χ0v) is 18.1. The second kappa shape index (κ2) is 9.15. The van der Waals surface area contributed by atoms with E-state index in [1.165, 1.54) is 12.0 Å². The number of rotatable bonds is 7. The van der Waals surface area contributed by atoms with Gasteiger partial charge in [0.15, 0.2) is 18.1 Å². The van der Waals surface area contributed by atoms with E-state index in [0.29, 0.717) is 22.0 Å². The van der Waals surface area contributed by atoms with E-state index in [-0.39, 0.29) is 24.3 Å². The number of nitrogens with two attached hydrogens (primary N) is 1. The highest BCUT2D eigenvalue weighted by Gasteiger charge is 2.35. The Kier molecular flexibility index (Phi) is 6.13. The van der Waals surface area contributed by atoms with Crippen LogP contribution in [0.3, 0.4) is 0 Å². The number of fused-ring (bicyclic) bond motifs is 1. The number of ether oxygens (including phenoxy) is 2. The molecule has 1 heterocycles. The minimum Gasteiger partial charge on any atom is -0.493 e. The summed E-state index contributed by atoms with van der Waals surface area (Å²) in [5.74, 6) is -0.208. The quantitative estimate of drug-likeness (QED) is 0.550. The molecule has 1 aliphatic heterocycles. The molecule has 1 aliphatic rings. The Morgan fingerprint density at radius 3 is 2.56 bits per heavy atom. The molecule has 3 aromatic rings. The first kappa shape index (κ1) is 21.5. The third-order valence-electron chi connectivity index (χ3n) is 4.88. The van der Waals surface area contributed by atoms with Crippen LogP contribution in [0.4, 0.5) is 4.79 Å². The summed E-state index contributed by atoms with van der Waals surface area (Å²) in [5.41, 5.74) is 6.64. The van der Waals surface area contributed by atoms with Gasteiger partial charge < -0.3 is 15.2 Å². The maximum atomic E-state index is 12.9. The molecule has 32 heavy (non-hydrogen) atoms. The normalized spacial score (nSPS) is 14.9. The van der Waals surface area contributed by atoms with E-state index < -0.39 is 5.91 Å². The van der Waals surface area contributed by atoms with Gasteiger partial charge in [0.1, 0.15) is 0 Å². The van der Waals surface area contributed by atoms with Crippen LogP contribution in [-0.2, 0) is 16.1 Å². The minimum absolute atomic E-state index is 0.204. The van der Waals surface area contributed by atoms with Gasteiger partial charge >= 0.3 is 0 Å². The number of thioether (sulfide) groups is 1. The molecule has 8 heteroatoms. The molecule has 0 aliphatic carbocycles. The topological polar surface area (TPSA) is 98.9 Å². The fourth-order valence-electron chi connectivity index (χ4n) is 3.35. The first-order valence-electron chi connectivity index (χ1n) is 9.77. The van der Waals surface area contributed by atoms with E-state index in [0.717, 1.165) is 28.1 Å². The first-order valence-corrected chi connectivity index (χ1v) is 10.6. The van der Waals surface area contributed by atoms with Crippen LogP contribution in [0.25, 0.3) is 16.8 Å². The van der Waals surface area contributed by atoms with Crippen molar-refractivity contribution in [1.82, 2.24) is 4.90 Å². The van der Waals surface area contributed by atoms with E-state index >= 15 is 0 Å². The zero-order chi connectivity index (χ0) is 22.7. The summed E-state index contributed by atoms with van der Waals surface area (Å²) in [6.45, 7) is -0.0700. The second-order valence-corrected chi connectivity index (χ2v) is 8.11. The Morgan fingerprint density at radius 2 is 1.81 bits per heavy atom. The van der Waals surface area contributed by atoms with Gasteiger partial charge in [-0.1, -0.05) is 42.5 Å². The smallest absolute Gasteiger partial charge is 0.293 e. The Bertz CT molecular complexity index is 1250. The van der Waals surface area contributed by atoms with Gasteiger partial charge in [-0.25, -0.2) is 0 Å². The van der Waals surface area contributed by atoms with E-state index in [1.54, 1.807) is 24.3 Å². The molecule has 2 N–H and O–H groups in total. The molecule has 0 aromatic heterocycles. The molecule has 0 atom stereocenters. The van der Waals surface area contributed by atoms with Crippen LogP contribution in [0.5, 0.6) is 11.5 Å². The molecule has 0 saturated carbocycles. The average Bonchev–Trinajstić information content (AvgIpc) is 3.05. The van der Waals surface area contributed by atoms with E-state index in [1.807, 2.05) is 42.5 Å². The molecule has 3 amide bonds. The third-order valence-corrected chi connectivity index (χ3v) is 5.79. The summed E-state index contributed by atoms with van der Waals surface area (Å²) >= 11 is 0.897. The lowest BCUT2D eigenvalue weighted by atomic mass is 10.1. The monoisotopic (exact) mass is 448 g/mol. The molecule has 0 unspecified atom stereocenters. The average molecular weight is 449 g/mol. The molecule has 0 radical (unpaired) electrons. The first-order chi connectivity index (χ1) is 15.4. The van der Waals surface area contributed by atoms with E-state index in [4.69, 9.17) is 15.2 Å². The summed E-state index contributed by atoms with van der Waals surface area (Å²) in [5, 5.41) is 1.84. The second-order valence-electron chi connectivity index (χ2n) is 7.11. The van der Waals surface area contributed by atoms with Crippen molar-refractivity contribution in [3.8, 4) is 11.5 Å². The summed E-state index contributed by atoms with van der Waals surface area (Å²) in [4.78, 5) is 37.9. The molecular weight excluding hydrogens is 428 g/mol. The molecule has 1 saturated heterocycles. The number of imide groups is 1. The van der Waals surface area contributed by atoms with Gasteiger partial charge in [-0.15, -0.1) is 0 Å². The Labute approximate surface area is 188 Å². The number of hydrogen-bond acceptors (Lipinski definition) is 6. The standard InChI is InChI=1S/C24H20N2O5S/c1-30-20-11-15(7-9-19(20)31-14-22(25)27)12-21-23(28)26(24(29)32-21)13-16-6-8-17-4-2-3-5-18(17)10-16/h2-12H,13-14H2,1H3,(H2,25,27)/b21-12-.